The number of likely N-dealkylation sites (tertiary alicyclic amines) is 1. The molecule has 0 saturated carbocycles. The van der Waals surface area contributed by atoms with E-state index < -0.39 is 0 Å². The molecule has 21 heavy (non-hydrogen) atoms. The Bertz CT molecular complexity index is 421. The van der Waals surface area contributed by atoms with Gasteiger partial charge in [0.1, 0.15) is 5.82 Å². The van der Waals surface area contributed by atoms with Crippen molar-refractivity contribution in [2.24, 2.45) is 0 Å². The van der Waals surface area contributed by atoms with E-state index in [1.54, 1.807) is 12.1 Å². The fraction of sp³-hybridized carbons (Fsp3) is 0.667. The van der Waals surface area contributed by atoms with Crippen LogP contribution in [0.5, 0.6) is 0 Å². The lowest BCUT2D eigenvalue weighted by atomic mass is 9.85. The molecule has 1 atom stereocenters. The molecule has 1 unspecified atom stereocenters. The van der Waals surface area contributed by atoms with Crippen molar-refractivity contribution >= 4 is 0 Å². The van der Waals surface area contributed by atoms with Gasteiger partial charge in [-0.05, 0) is 70.4 Å². The van der Waals surface area contributed by atoms with E-state index in [0.717, 1.165) is 13.0 Å². The summed E-state index contributed by atoms with van der Waals surface area (Å²) in [5.74, 6) is -0.163. The molecule has 1 N–H and O–H groups in total. The maximum absolute atomic E-state index is 13.2. The van der Waals surface area contributed by atoms with Gasteiger partial charge in [-0.1, -0.05) is 25.5 Å². The van der Waals surface area contributed by atoms with Crippen molar-refractivity contribution in [1.82, 2.24) is 10.2 Å². The van der Waals surface area contributed by atoms with Gasteiger partial charge in [0.25, 0.3) is 0 Å². The second kappa shape index (κ2) is 7.37. The second-order valence-corrected chi connectivity index (χ2v) is 6.64. The molecule has 2 nitrogen and oxygen atoms in total. The molecular formula is C18H29FN2. The number of halogens is 1. The maximum Gasteiger partial charge on any atom is 0.123 e. The Morgan fingerprint density at radius 3 is 2.33 bits per heavy atom. The van der Waals surface area contributed by atoms with Crippen LogP contribution in [-0.2, 0) is 0 Å². The van der Waals surface area contributed by atoms with E-state index in [9.17, 15) is 4.39 Å². The van der Waals surface area contributed by atoms with Crippen molar-refractivity contribution in [3.63, 3.8) is 0 Å². The van der Waals surface area contributed by atoms with E-state index in [4.69, 9.17) is 0 Å². The molecule has 1 aromatic carbocycles. The zero-order valence-electron chi connectivity index (χ0n) is 13.7. The Kier molecular flexibility index (Phi) is 5.77. The quantitative estimate of drug-likeness (QED) is 0.848. The fourth-order valence-corrected chi connectivity index (χ4v) is 3.37. The predicted octanol–water partition coefficient (Wildman–Crippen LogP) is 4.13. The molecule has 118 valence electrons. The zero-order chi connectivity index (χ0) is 15.3. The predicted molar refractivity (Wildman–Crippen MR) is 86.9 cm³/mol. The van der Waals surface area contributed by atoms with Crippen LogP contribution in [0, 0.1) is 5.82 Å². The first-order chi connectivity index (χ1) is 10.1. The summed E-state index contributed by atoms with van der Waals surface area (Å²) in [4.78, 5) is 2.59. The van der Waals surface area contributed by atoms with Gasteiger partial charge < -0.3 is 5.32 Å². The van der Waals surface area contributed by atoms with E-state index in [2.05, 4.69) is 31.0 Å². The third-order valence-corrected chi connectivity index (χ3v) is 4.68. The van der Waals surface area contributed by atoms with E-state index in [1.165, 1.54) is 37.9 Å². The Labute approximate surface area is 128 Å². The van der Waals surface area contributed by atoms with Crippen molar-refractivity contribution in [2.75, 3.05) is 19.6 Å². The average molecular weight is 292 g/mol. The lowest BCUT2D eigenvalue weighted by molar-refractivity contribution is 0.0607. The van der Waals surface area contributed by atoms with Crippen LogP contribution in [0.25, 0.3) is 0 Å². The van der Waals surface area contributed by atoms with Crippen LogP contribution in [-0.4, -0.2) is 30.1 Å². The molecule has 0 bridgehead atoms. The van der Waals surface area contributed by atoms with Gasteiger partial charge in [0.05, 0.1) is 6.04 Å². The molecule has 1 saturated heterocycles. The topological polar surface area (TPSA) is 15.3 Å². The van der Waals surface area contributed by atoms with Gasteiger partial charge in [0.15, 0.2) is 0 Å². The lowest BCUT2D eigenvalue weighted by Gasteiger charge is -2.46. The van der Waals surface area contributed by atoms with Crippen LogP contribution in [0.1, 0.15) is 58.1 Å². The van der Waals surface area contributed by atoms with Crippen LogP contribution < -0.4 is 5.32 Å². The van der Waals surface area contributed by atoms with Gasteiger partial charge in [-0.15, -0.1) is 0 Å². The lowest BCUT2D eigenvalue weighted by Crippen LogP contribution is -2.54. The Morgan fingerprint density at radius 1 is 1.14 bits per heavy atom. The second-order valence-electron chi connectivity index (χ2n) is 6.64. The molecule has 1 fully saturated rings. The Hall–Kier alpha value is -0.930. The standard InChI is InChI=1S/C18H29FN2/c1-4-12-20-17(15-8-10-16(19)11-9-15)18(2,3)21-13-6-5-7-14-21/h8-11,17,20H,4-7,12-14H2,1-3H3. The summed E-state index contributed by atoms with van der Waals surface area (Å²) in [5.41, 5.74) is 1.22. The van der Waals surface area contributed by atoms with Gasteiger partial charge in [0, 0.05) is 5.54 Å². The molecular weight excluding hydrogens is 263 g/mol. The molecule has 1 aliphatic rings. The van der Waals surface area contributed by atoms with Crippen LogP contribution in [0.2, 0.25) is 0 Å². The minimum absolute atomic E-state index is 0.0351. The van der Waals surface area contributed by atoms with Gasteiger partial charge >= 0.3 is 0 Å². The normalized spacial score (nSPS) is 18.7. The summed E-state index contributed by atoms with van der Waals surface area (Å²) in [5, 5.41) is 3.68. The first kappa shape index (κ1) is 16.4. The largest absolute Gasteiger partial charge is 0.308 e. The molecule has 0 aromatic heterocycles. The summed E-state index contributed by atoms with van der Waals surface area (Å²) < 4.78 is 13.2. The maximum atomic E-state index is 13.2. The van der Waals surface area contributed by atoms with Gasteiger partial charge in [0.2, 0.25) is 0 Å². The summed E-state index contributed by atoms with van der Waals surface area (Å²) in [6.45, 7) is 10.1. The summed E-state index contributed by atoms with van der Waals surface area (Å²) in [7, 11) is 0. The van der Waals surface area contributed by atoms with Crippen molar-refractivity contribution < 1.29 is 4.39 Å². The monoisotopic (exact) mass is 292 g/mol. The number of piperidine rings is 1. The molecule has 3 heteroatoms. The van der Waals surface area contributed by atoms with E-state index in [1.807, 2.05) is 12.1 Å². The molecule has 0 aliphatic carbocycles. The van der Waals surface area contributed by atoms with E-state index in [-0.39, 0.29) is 17.4 Å². The van der Waals surface area contributed by atoms with E-state index in [0.29, 0.717) is 0 Å². The number of hydrogen-bond acceptors (Lipinski definition) is 2. The van der Waals surface area contributed by atoms with Crippen LogP contribution in [0.4, 0.5) is 4.39 Å². The highest BCUT2D eigenvalue weighted by Crippen LogP contribution is 2.33. The first-order valence-electron chi connectivity index (χ1n) is 8.29. The van der Waals surface area contributed by atoms with Crippen LogP contribution in [0.3, 0.4) is 0 Å². The van der Waals surface area contributed by atoms with Gasteiger partial charge in [-0.2, -0.15) is 0 Å². The van der Waals surface area contributed by atoms with Crippen molar-refractivity contribution in [1.29, 1.82) is 0 Å². The smallest absolute Gasteiger partial charge is 0.123 e. The molecule has 1 aromatic rings. The number of nitrogens with zero attached hydrogens (tertiary/aromatic N) is 1. The Balaban J connectivity index is 2.22. The highest BCUT2D eigenvalue weighted by Gasteiger charge is 2.36. The van der Waals surface area contributed by atoms with Gasteiger partial charge in [-0.3, -0.25) is 4.90 Å². The molecule has 1 heterocycles. The van der Waals surface area contributed by atoms with Gasteiger partial charge in [-0.25, -0.2) is 4.39 Å². The summed E-state index contributed by atoms with van der Waals surface area (Å²) in [6, 6.07) is 7.23. The van der Waals surface area contributed by atoms with E-state index >= 15 is 0 Å². The Morgan fingerprint density at radius 2 is 1.76 bits per heavy atom. The number of hydrogen-bond donors (Lipinski definition) is 1. The highest BCUT2D eigenvalue weighted by atomic mass is 19.1. The number of rotatable bonds is 6. The minimum atomic E-state index is -0.163. The SMILES string of the molecule is CCCNC(c1ccc(F)cc1)C(C)(C)N1CCCCC1. The number of nitrogens with one attached hydrogen (secondary N) is 1. The third kappa shape index (κ3) is 4.04. The van der Waals surface area contributed by atoms with Crippen molar-refractivity contribution in [2.45, 2.75) is 58.0 Å². The van der Waals surface area contributed by atoms with Crippen molar-refractivity contribution in [3.8, 4) is 0 Å². The molecule has 0 amide bonds. The first-order valence-corrected chi connectivity index (χ1v) is 8.29. The minimum Gasteiger partial charge on any atom is -0.308 e. The number of benzene rings is 1. The third-order valence-electron chi connectivity index (χ3n) is 4.68. The molecule has 2 rings (SSSR count). The van der Waals surface area contributed by atoms with Crippen molar-refractivity contribution in [3.05, 3.63) is 35.6 Å². The highest BCUT2D eigenvalue weighted by molar-refractivity contribution is 5.23. The zero-order valence-corrected chi connectivity index (χ0v) is 13.7. The summed E-state index contributed by atoms with van der Waals surface area (Å²) >= 11 is 0. The van der Waals surface area contributed by atoms with Crippen LogP contribution >= 0.6 is 0 Å². The molecule has 0 radical (unpaired) electrons. The fourth-order valence-electron chi connectivity index (χ4n) is 3.37. The average Bonchev–Trinajstić information content (AvgIpc) is 2.50. The molecule has 1 aliphatic heterocycles. The molecule has 0 spiro atoms. The van der Waals surface area contributed by atoms with Crippen LogP contribution in [0.15, 0.2) is 24.3 Å². The summed E-state index contributed by atoms with van der Waals surface area (Å²) in [6.07, 6.45) is 5.02.